The van der Waals surface area contributed by atoms with Gasteiger partial charge >= 0.3 is 0 Å². The maximum absolute atomic E-state index is 5.84. The molecule has 0 bridgehead atoms. The van der Waals surface area contributed by atoms with Gasteiger partial charge in [0, 0.05) is 30.9 Å². The Labute approximate surface area is 97.7 Å². The molecule has 1 fully saturated rings. The Morgan fingerprint density at radius 2 is 2.31 bits per heavy atom. The van der Waals surface area contributed by atoms with Gasteiger partial charge in [0.15, 0.2) is 0 Å². The van der Waals surface area contributed by atoms with E-state index >= 15 is 0 Å². The van der Waals surface area contributed by atoms with Crippen LogP contribution >= 0.6 is 0 Å². The summed E-state index contributed by atoms with van der Waals surface area (Å²) in [5, 5.41) is 0. The molecule has 3 nitrogen and oxygen atoms in total. The monoisotopic (exact) mass is 219 g/mol. The van der Waals surface area contributed by atoms with E-state index in [0.717, 1.165) is 12.4 Å². The largest absolute Gasteiger partial charge is 0.354 e. The Morgan fingerprint density at radius 3 is 3.00 bits per heavy atom. The van der Waals surface area contributed by atoms with E-state index < -0.39 is 0 Å². The van der Waals surface area contributed by atoms with Crippen LogP contribution < -0.4 is 10.6 Å². The lowest BCUT2D eigenvalue weighted by Gasteiger charge is -2.35. The third kappa shape index (κ3) is 2.05. The molecule has 2 heterocycles. The highest BCUT2D eigenvalue weighted by Crippen LogP contribution is 2.27. The number of hydrogen-bond donors (Lipinski definition) is 1. The van der Waals surface area contributed by atoms with Gasteiger partial charge in [0.05, 0.1) is 0 Å². The van der Waals surface area contributed by atoms with E-state index in [1.807, 2.05) is 12.3 Å². The fourth-order valence-electron chi connectivity index (χ4n) is 2.49. The topological polar surface area (TPSA) is 42.2 Å². The van der Waals surface area contributed by atoms with Crippen LogP contribution in [0.5, 0.6) is 0 Å². The molecule has 1 atom stereocenters. The van der Waals surface area contributed by atoms with Crippen LogP contribution in [0.15, 0.2) is 12.3 Å². The third-order valence-corrected chi connectivity index (χ3v) is 3.55. The standard InChI is InChI=1S/C13H21N3/c1-10-6-7-15-13(12(10)9-14)16-8-4-3-5-11(16)2/h6-7,11H,3-5,8-9,14H2,1-2H3. The van der Waals surface area contributed by atoms with Gasteiger partial charge in [-0.25, -0.2) is 4.98 Å². The van der Waals surface area contributed by atoms with Crippen molar-refractivity contribution in [3.63, 3.8) is 0 Å². The van der Waals surface area contributed by atoms with Crippen LogP contribution in [0.3, 0.4) is 0 Å². The van der Waals surface area contributed by atoms with Gasteiger partial charge in [-0.3, -0.25) is 0 Å². The Morgan fingerprint density at radius 1 is 1.50 bits per heavy atom. The molecule has 2 N–H and O–H groups in total. The molecule has 88 valence electrons. The number of rotatable bonds is 2. The van der Waals surface area contributed by atoms with E-state index in [4.69, 9.17) is 5.73 Å². The first-order valence-electron chi connectivity index (χ1n) is 6.15. The number of aryl methyl sites for hydroxylation is 1. The summed E-state index contributed by atoms with van der Waals surface area (Å²) < 4.78 is 0. The number of nitrogens with two attached hydrogens (primary N) is 1. The Bertz CT molecular complexity index is 362. The van der Waals surface area contributed by atoms with Crippen LogP contribution in [0.4, 0.5) is 5.82 Å². The molecule has 16 heavy (non-hydrogen) atoms. The van der Waals surface area contributed by atoms with Crippen molar-refractivity contribution in [3.05, 3.63) is 23.4 Å². The van der Waals surface area contributed by atoms with Crippen molar-refractivity contribution in [2.75, 3.05) is 11.4 Å². The molecule has 0 amide bonds. The van der Waals surface area contributed by atoms with Crippen LogP contribution in [0.2, 0.25) is 0 Å². The van der Waals surface area contributed by atoms with E-state index in [1.54, 1.807) is 0 Å². The molecule has 1 aliphatic rings. The van der Waals surface area contributed by atoms with Gasteiger partial charge in [0.25, 0.3) is 0 Å². The summed E-state index contributed by atoms with van der Waals surface area (Å²) >= 11 is 0. The average molecular weight is 219 g/mol. The summed E-state index contributed by atoms with van der Waals surface area (Å²) in [6.45, 7) is 6.09. The molecule has 0 spiro atoms. The van der Waals surface area contributed by atoms with Crippen molar-refractivity contribution in [1.82, 2.24) is 4.98 Å². The summed E-state index contributed by atoms with van der Waals surface area (Å²) in [5.74, 6) is 1.11. The van der Waals surface area contributed by atoms with Gasteiger partial charge in [0.1, 0.15) is 5.82 Å². The van der Waals surface area contributed by atoms with Gasteiger partial charge in [-0.15, -0.1) is 0 Å². The minimum atomic E-state index is 0.582. The fourth-order valence-corrected chi connectivity index (χ4v) is 2.49. The Hall–Kier alpha value is -1.09. The lowest BCUT2D eigenvalue weighted by Crippen LogP contribution is -2.39. The summed E-state index contributed by atoms with van der Waals surface area (Å²) in [6.07, 6.45) is 5.76. The van der Waals surface area contributed by atoms with Crippen molar-refractivity contribution < 1.29 is 0 Å². The van der Waals surface area contributed by atoms with Gasteiger partial charge in [-0.05, 0) is 44.7 Å². The first-order valence-corrected chi connectivity index (χ1v) is 6.15. The molecular formula is C13H21N3. The zero-order valence-corrected chi connectivity index (χ0v) is 10.2. The normalized spacial score (nSPS) is 21.2. The van der Waals surface area contributed by atoms with Gasteiger partial charge in [0.2, 0.25) is 0 Å². The highest BCUT2D eigenvalue weighted by Gasteiger charge is 2.21. The summed E-state index contributed by atoms with van der Waals surface area (Å²) in [4.78, 5) is 6.95. The molecule has 1 saturated heterocycles. The van der Waals surface area contributed by atoms with E-state index in [9.17, 15) is 0 Å². The third-order valence-electron chi connectivity index (χ3n) is 3.55. The number of hydrogen-bond acceptors (Lipinski definition) is 3. The lowest BCUT2D eigenvalue weighted by molar-refractivity contribution is 0.480. The Kier molecular flexibility index (Phi) is 3.44. The first-order chi connectivity index (χ1) is 7.74. The number of aromatic nitrogens is 1. The molecular weight excluding hydrogens is 198 g/mol. The second-order valence-electron chi connectivity index (χ2n) is 4.67. The highest BCUT2D eigenvalue weighted by molar-refractivity contribution is 5.51. The minimum absolute atomic E-state index is 0.582. The first kappa shape index (κ1) is 11.4. The van der Waals surface area contributed by atoms with Crippen LogP contribution in [0, 0.1) is 6.92 Å². The molecule has 3 heteroatoms. The highest BCUT2D eigenvalue weighted by atomic mass is 15.2. The van der Waals surface area contributed by atoms with Gasteiger partial charge < -0.3 is 10.6 Å². The van der Waals surface area contributed by atoms with Crippen LogP contribution in [-0.2, 0) is 6.54 Å². The zero-order chi connectivity index (χ0) is 11.5. The smallest absolute Gasteiger partial charge is 0.133 e. The van der Waals surface area contributed by atoms with E-state index in [1.165, 1.54) is 30.4 Å². The number of nitrogens with zero attached hydrogens (tertiary/aromatic N) is 2. The van der Waals surface area contributed by atoms with E-state index in [-0.39, 0.29) is 0 Å². The minimum Gasteiger partial charge on any atom is -0.354 e. The molecule has 1 aromatic rings. The van der Waals surface area contributed by atoms with Crippen molar-refractivity contribution in [3.8, 4) is 0 Å². The van der Waals surface area contributed by atoms with Crippen LogP contribution in [0.1, 0.15) is 37.3 Å². The van der Waals surface area contributed by atoms with Crippen LogP contribution in [0.25, 0.3) is 0 Å². The summed E-state index contributed by atoms with van der Waals surface area (Å²) in [5.41, 5.74) is 8.30. The summed E-state index contributed by atoms with van der Waals surface area (Å²) in [7, 11) is 0. The molecule has 0 saturated carbocycles. The number of piperidine rings is 1. The predicted molar refractivity (Wildman–Crippen MR) is 67.5 cm³/mol. The van der Waals surface area contributed by atoms with Crippen LogP contribution in [-0.4, -0.2) is 17.6 Å². The molecule has 0 radical (unpaired) electrons. The molecule has 1 aliphatic heterocycles. The molecule has 1 unspecified atom stereocenters. The van der Waals surface area contributed by atoms with E-state index in [2.05, 4.69) is 23.7 Å². The van der Waals surface area contributed by atoms with Gasteiger partial charge in [-0.1, -0.05) is 0 Å². The summed E-state index contributed by atoms with van der Waals surface area (Å²) in [6, 6.07) is 2.63. The maximum Gasteiger partial charge on any atom is 0.133 e. The van der Waals surface area contributed by atoms with E-state index in [0.29, 0.717) is 12.6 Å². The fraction of sp³-hybridized carbons (Fsp3) is 0.615. The Balaban J connectivity index is 2.34. The second kappa shape index (κ2) is 4.83. The molecule has 2 rings (SSSR count). The van der Waals surface area contributed by atoms with Gasteiger partial charge in [-0.2, -0.15) is 0 Å². The van der Waals surface area contributed by atoms with Crippen molar-refractivity contribution in [1.29, 1.82) is 0 Å². The van der Waals surface area contributed by atoms with Crippen molar-refractivity contribution in [2.45, 2.75) is 45.7 Å². The molecule has 1 aromatic heterocycles. The van der Waals surface area contributed by atoms with Crippen molar-refractivity contribution >= 4 is 5.82 Å². The van der Waals surface area contributed by atoms with Crippen molar-refractivity contribution in [2.24, 2.45) is 5.73 Å². The second-order valence-corrected chi connectivity index (χ2v) is 4.67. The number of pyridine rings is 1. The SMILES string of the molecule is Cc1ccnc(N2CCCCC2C)c1CN. The number of anilines is 1. The molecule has 0 aliphatic carbocycles. The molecule has 0 aromatic carbocycles. The predicted octanol–water partition coefficient (Wildman–Crippen LogP) is 2.23. The zero-order valence-electron chi connectivity index (χ0n) is 10.2. The lowest BCUT2D eigenvalue weighted by atomic mass is 10.0. The quantitative estimate of drug-likeness (QED) is 0.829. The average Bonchev–Trinajstić information content (AvgIpc) is 2.29. The maximum atomic E-state index is 5.84.